The summed E-state index contributed by atoms with van der Waals surface area (Å²) >= 11 is 0. The Morgan fingerprint density at radius 3 is 2.17 bits per heavy atom. The predicted molar refractivity (Wildman–Crippen MR) is 200 cm³/mol. The molecule has 1 saturated heterocycles. The maximum Gasteiger partial charge on any atom is 0.272 e. The molecule has 8 atom stereocenters. The maximum atomic E-state index is 14.5. The van der Waals surface area contributed by atoms with Crippen molar-refractivity contribution in [3.05, 3.63) is 36.4 Å². The first-order valence-corrected chi connectivity index (χ1v) is 20.1. The van der Waals surface area contributed by atoms with Crippen molar-refractivity contribution >= 4 is 29.5 Å². The van der Waals surface area contributed by atoms with Crippen LogP contribution in [-0.4, -0.2) is 92.4 Å². The molecule has 53 heavy (non-hydrogen) atoms. The first kappa shape index (κ1) is 40.3. The molecule has 1 unspecified atom stereocenters. The highest BCUT2D eigenvalue weighted by molar-refractivity contribution is 5.98. The van der Waals surface area contributed by atoms with Gasteiger partial charge in [-0.25, -0.2) is 4.98 Å². The highest BCUT2D eigenvalue weighted by Gasteiger charge is 2.51. The van der Waals surface area contributed by atoms with E-state index in [1.54, 1.807) is 11.8 Å². The number of nitrogens with one attached hydrogen (secondary N) is 4. The van der Waals surface area contributed by atoms with E-state index in [4.69, 9.17) is 0 Å². The number of fused-ring (bicyclic) bond motifs is 1. The normalized spacial score (nSPS) is 24.9. The van der Waals surface area contributed by atoms with E-state index in [1.165, 1.54) is 25.0 Å². The fourth-order valence-electron chi connectivity index (χ4n) is 9.29. The molecule has 1 aliphatic heterocycles. The van der Waals surface area contributed by atoms with E-state index in [9.17, 15) is 29.1 Å². The van der Waals surface area contributed by atoms with Crippen LogP contribution in [0.3, 0.4) is 0 Å². The van der Waals surface area contributed by atoms with Gasteiger partial charge in [0.2, 0.25) is 17.7 Å². The van der Waals surface area contributed by atoms with Gasteiger partial charge < -0.3 is 31.3 Å². The lowest BCUT2D eigenvalue weighted by atomic mass is 9.83. The molecule has 0 radical (unpaired) electrons. The van der Waals surface area contributed by atoms with Crippen molar-refractivity contribution in [3.63, 3.8) is 0 Å². The topological polar surface area (TPSA) is 183 Å². The van der Waals surface area contributed by atoms with Gasteiger partial charge in [-0.3, -0.25) is 29.0 Å². The summed E-state index contributed by atoms with van der Waals surface area (Å²) in [6.07, 6.45) is 16.4. The van der Waals surface area contributed by atoms with Gasteiger partial charge in [-0.05, 0) is 88.0 Å². The molecule has 0 spiro atoms. The van der Waals surface area contributed by atoms with Gasteiger partial charge in [-0.15, -0.1) is 0 Å². The van der Waals surface area contributed by atoms with E-state index in [0.29, 0.717) is 30.9 Å². The van der Waals surface area contributed by atoms with Crippen LogP contribution in [0.15, 0.2) is 30.7 Å². The lowest BCUT2D eigenvalue weighted by Crippen LogP contribution is -2.60. The van der Waals surface area contributed by atoms with Crippen LogP contribution in [0.2, 0.25) is 0 Å². The highest BCUT2D eigenvalue weighted by atomic mass is 16.3. The number of aliphatic hydroxyl groups excluding tert-OH is 1. The number of nitrogens with zero attached hydrogens (tertiary/aromatic N) is 3. The van der Waals surface area contributed by atoms with Crippen molar-refractivity contribution in [1.29, 1.82) is 0 Å². The van der Waals surface area contributed by atoms with E-state index in [0.717, 1.165) is 77.0 Å². The third kappa shape index (κ3) is 10.0. The van der Waals surface area contributed by atoms with Crippen LogP contribution < -0.4 is 21.3 Å². The van der Waals surface area contributed by atoms with Crippen molar-refractivity contribution in [1.82, 2.24) is 36.1 Å². The highest BCUT2D eigenvalue weighted by Crippen LogP contribution is 2.43. The van der Waals surface area contributed by atoms with Crippen molar-refractivity contribution in [2.45, 2.75) is 153 Å². The number of aromatic nitrogens is 2. The molecule has 0 aromatic carbocycles. The molecule has 0 bridgehead atoms. The Kier molecular flexibility index (Phi) is 14.4. The molecule has 3 aliphatic carbocycles. The monoisotopic (exact) mass is 735 g/mol. The molecule has 4 fully saturated rings. The molecule has 5 N–H and O–H groups in total. The van der Waals surface area contributed by atoms with Gasteiger partial charge in [0.1, 0.15) is 23.8 Å². The van der Waals surface area contributed by atoms with Gasteiger partial charge in [-0.1, -0.05) is 64.9 Å². The third-order valence-electron chi connectivity index (χ3n) is 12.3. The van der Waals surface area contributed by atoms with Crippen LogP contribution in [0, 0.1) is 23.7 Å². The zero-order valence-electron chi connectivity index (χ0n) is 31.9. The van der Waals surface area contributed by atoms with Gasteiger partial charge in [0, 0.05) is 25.0 Å². The Balaban J connectivity index is 1.30. The van der Waals surface area contributed by atoms with Gasteiger partial charge in [0.15, 0.2) is 6.10 Å². The predicted octanol–water partition coefficient (Wildman–Crippen LogP) is 3.57. The second-order valence-corrected chi connectivity index (χ2v) is 16.1. The minimum absolute atomic E-state index is 0.0787. The summed E-state index contributed by atoms with van der Waals surface area (Å²) in [5, 5.41) is 23.0. The molecule has 13 nitrogen and oxygen atoms in total. The summed E-state index contributed by atoms with van der Waals surface area (Å²) in [5.74, 6) is -2.07. The Hall–Kier alpha value is -3.87. The minimum atomic E-state index is -1.44. The standard InChI is InChI=1S/C40H61N7O6/c1-5-13-30(35(48)39(52)43-25(4)26-14-8-6-9-15-26)44-38(51)34-29-19-12-18-28(29)23-47(34)40(53)32(24(2)3)45-37(50)33(27-16-10-7-11-17-27)46-36(49)31-22-41-20-21-42-31/h20-22,25-30,32-35,48H,2,5-19,23H2,1,3-4H3,(H,43,52)(H,44,51)(H,45,50)(H,46,49)/t25-,28-,29-,30-,32-,33-,34-,35?/m0/s1. The zero-order chi connectivity index (χ0) is 38.1. The summed E-state index contributed by atoms with van der Waals surface area (Å²) in [4.78, 5) is 78.9. The molecule has 2 heterocycles. The average molecular weight is 736 g/mol. The largest absolute Gasteiger partial charge is 0.381 e. The van der Waals surface area contributed by atoms with Crippen molar-refractivity contribution in [3.8, 4) is 0 Å². The van der Waals surface area contributed by atoms with Crippen LogP contribution in [0.4, 0.5) is 0 Å². The average Bonchev–Trinajstić information content (AvgIpc) is 3.78. The quantitative estimate of drug-likeness (QED) is 0.170. The smallest absolute Gasteiger partial charge is 0.272 e. The maximum absolute atomic E-state index is 14.5. The van der Waals surface area contributed by atoms with Crippen LogP contribution in [-0.2, 0) is 19.2 Å². The molecule has 1 aromatic heterocycles. The lowest BCUT2D eigenvalue weighted by Gasteiger charge is -2.34. The van der Waals surface area contributed by atoms with E-state index in [1.807, 2.05) is 13.8 Å². The van der Waals surface area contributed by atoms with Crippen molar-refractivity contribution in [2.75, 3.05) is 6.54 Å². The number of likely N-dealkylation sites (tertiary alicyclic amines) is 1. The Morgan fingerprint density at radius 2 is 1.55 bits per heavy atom. The second-order valence-electron chi connectivity index (χ2n) is 16.1. The van der Waals surface area contributed by atoms with Crippen LogP contribution in [0.1, 0.15) is 128 Å². The first-order valence-electron chi connectivity index (χ1n) is 20.1. The fourth-order valence-corrected chi connectivity index (χ4v) is 9.29. The van der Waals surface area contributed by atoms with Crippen molar-refractivity contribution in [2.24, 2.45) is 23.7 Å². The van der Waals surface area contributed by atoms with Gasteiger partial charge >= 0.3 is 0 Å². The fraction of sp³-hybridized carbons (Fsp3) is 0.725. The van der Waals surface area contributed by atoms with Crippen molar-refractivity contribution < 1.29 is 29.1 Å². The molecule has 5 rings (SSSR count). The van der Waals surface area contributed by atoms with Gasteiger partial charge in [-0.2, -0.15) is 0 Å². The molecule has 4 aliphatic rings. The van der Waals surface area contributed by atoms with Crippen LogP contribution in [0.5, 0.6) is 0 Å². The summed E-state index contributed by atoms with van der Waals surface area (Å²) in [5.41, 5.74) is 0.499. The molecule has 5 amide bonds. The first-order chi connectivity index (χ1) is 25.5. The number of amides is 5. The number of hydrogen-bond donors (Lipinski definition) is 5. The van der Waals surface area contributed by atoms with E-state index >= 15 is 0 Å². The third-order valence-corrected chi connectivity index (χ3v) is 12.3. The molecule has 292 valence electrons. The van der Waals surface area contributed by atoms with Crippen LogP contribution >= 0.6 is 0 Å². The Morgan fingerprint density at radius 1 is 0.868 bits per heavy atom. The number of rotatable bonds is 15. The van der Waals surface area contributed by atoms with Gasteiger partial charge in [0.05, 0.1) is 12.2 Å². The summed E-state index contributed by atoms with van der Waals surface area (Å²) in [6, 6.07) is -3.76. The Labute approximate surface area is 314 Å². The number of aliphatic hydroxyl groups is 1. The number of carbonyl (C=O) groups is 5. The van der Waals surface area contributed by atoms with E-state index < -0.39 is 59.8 Å². The molecule has 3 saturated carbocycles. The molecule has 13 heteroatoms. The minimum Gasteiger partial charge on any atom is -0.381 e. The summed E-state index contributed by atoms with van der Waals surface area (Å²) in [7, 11) is 0. The molecular weight excluding hydrogens is 674 g/mol. The number of carbonyl (C=O) groups excluding carboxylic acids is 5. The van der Waals surface area contributed by atoms with Gasteiger partial charge in [0.25, 0.3) is 11.8 Å². The second kappa shape index (κ2) is 18.9. The Bertz CT molecular complexity index is 1450. The van der Waals surface area contributed by atoms with Crippen LogP contribution in [0.25, 0.3) is 0 Å². The zero-order valence-corrected chi connectivity index (χ0v) is 31.9. The SMILES string of the molecule is C=C(C)[C@H](NC(=O)[C@@H](NC(=O)c1cnccn1)C1CCCCC1)C(=O)N1C[C@@H]2CCC[C@@H]2[C@H]1C(=O)N[C@@H](CCC)C(O)C(=O)N[C@@H](C)C1CCCCC1. The number of hydrogen-bond acceptors (Lipinski definition) is 8. The van der Waals surface area contributed by atoms with E-state index in [-0.39, 0.29) is 29.5 Å². The summed E-state index contributed by atoms with van der Waals surface area (Å²) in [6.45, 7) is 9.99. The van der Waals surface area contributed by atoms with E-state index in [2.05, 4.69) is 37.8 Å². The lowest BCUT2D eigenvalue weighted by molar-refractivity contribution is -0.143. The molecule has 1 aromatic rings. The summed E-state index contributed by atoms with van der Waals surface area (Å²) < 4.78 is 0. The molecular formula is C40H61N7O6.